The van der Waals surface area contributed by atoms with Crippen LogP contribution in [0.25, 0.3) is 0 Å². The van der Waals surface area contributed by atoms with Gasteiger partial charge in [0.15, 0.2) is 5.82 Å². The molecule has 0 aromatic carbocycles. The number of aryl methyl sites for hydroxylation is 1. The Morgan fingerprint density at radius 2 is 2.00 bits per heavy atom. The highest BCUT2D eigenvalue weighted by atomic mass is 16.4. The third-order valence-electron chi connectivity index (χ3n) is 3.18. The Hall–Kier alpha value is -1.91. The lowest BCUT2D eigenvalue weighted by Crippen LogP contribution is -2.29. The van der Waals surface area contributed by atoms with Gasteiger partial charge in [0.25, 0.3) is 0 Å². The SMILES string of the molecule is C=CCN(CCC)c1nnc(CC)c(CC)c1C(=O)O. The second-order valence-corrected chi connectivity index (χ2v) is 4.57. The maximum atomic E-state index is 11.7. The van der Waals surface area contributed by atoms with E-state index >= 15 is 0 Å². The predicted molar refractivity (Wildman–Crippen MR) is 80.4 cm³/mol. The number of rotatable bonds is 8. The van der Waals surface area contributed by atoms with Crippen LogP contribution in [-0.4, -0.2) is 34.4 Å². The van der Waals surface area contributed by atoms with Crippen LogP contribution < -0.4 is 4.90 Å². The topological polar surface area (TPSA) is 66.3 Å². The van der Waals surface area contributed by atoms with Gasteiger partial charge in [0.05, 0.1) is 5.69 Å². The molecule has 0 aliphatic rings. The van der Waals surface area contributed by atoms with Gasteiger partial charge in [0.1, 0.15) is 5.56 Å². The summed E-state index contributed by atoms with van der Waals surface area (Å²) < 4.78 is 0. The van der Waals surface area contributed by atoms with Crippen LogP contribution in [0.2, 0.25) is 0 Å². The molecule has 0 aliphatic heterocycles. The van der Waals surface area contributed by atoms with Gasteiger partial charge in [-0.05, 0) is 24.8 Å². The summed E-state index contributed by atoms with van der Waals surface area (Å²) >= 11 is 0. The van der Waals surface area contributed by atoms with Crippen molar-refractivity contribution in [1.82, 2.24) is 10.2 Å². The van der Waals surface area contributed by atoms with Crippen molar-refractivity contribution in [2.24, 2.45) is 0 Å². The summed E-state index contributed by atoms with van der Waals surface area (Å²) in [6.45, 7) is 11.0. The van der Waals surface area contributed by atoms with E-state index in [4.69, 9.17) is 0 Å². The summed E-state index contributed by atoms with van der Waals surface area (Å²) in [6.07, 6.45) is 3.99. The Bertz CT molecular complexity index is 486. The molecule has 0 aliphatic carbocycles. The van der Waals surface area contributed by atoms with E-state index in [1.54, 1.807) is 6.08 Å². The maximum absolute atomic E-state index is 11.7. The molecule has 0 radical (unpaired) electrons. The standard InChI is InChI=1S/C15H23N3O2/c1-5-9-18(10-6-2)14-13(15(19)20)11(7-3)12(8-4)16-17-14/h5H,1,6-10H2,2-4H3,(H,19,20). The summed E-state index contributed by atoms with van der Waals surface area (Å²) in [4.78, 5) is 13.6. The fraction of sp³-hybridized carbons (Fsp3) is 0.533. The quantitative estimate of drug-likeness (QED) is 0.740. The molecule has 0 atom stereocenters. The van der Waals surface area contributed by atoms with Crippen LogP contribution in [0.4, 0.5) is 5.82 Å². The summed E-state index contributed by atoms with van der Waals surface area (Å²) in [5.41, 5.74) is 1.84. The van der Waals surface area contributed by atoms with Crippen LogP contribution in [0.15, 0.2) is 12.7 Å². The van der Waals surface area contributed by atoms with Crippen molar-refractivity contribution in [1.29, 1.82) is 0 Å². The average Bonchev–Trinajstić information content (AvgIpc) is 2.45. The number of carbonyl (C=O) groups is 1. The van der Waals surface area contributed by atoms with E-state index in [0.717, 1.165) is 24.2 Å². The molecule has 0 bridgehead atoms. The molecule has 0 spiro atoms. The number of carboxylic acid groups (broad SMARTS) is 1. The van der Waals surface area contributed by atoms with Gasteiger partial charge in [0, 0.05) is 13.1 Å². The average molecular weight is 277 g/mol. The van der Waals surface area contributed by atoms with E-state index < -0.39 is 5.97 Å². The van der Waals surface area contributed by atoms with Gasteiger partial charge in [-0.2, -0.15) is 5.10 Å². The van der Waals surface area contributed by atoms with Gasteiger partial charge in [-0.25, -0.2) is 4.79 Å². The van der Waals surface area contributed by atoms with Crippen molar-refractivity contribution in [3.63, 3.8) is 0 Å². The van der Waals surface area contributed by atoms with E-state index in [1.165, 1.54) is 0 Å². The molecule has 1 aromatic rings. The molecular weight excluding hydrogens is 254 g/mol. The molecule has 1 aromatic heterocycles. The molecular formula is C15H23N3O2. The smallest absolute Gasteiger partial charge is 0.339 e. The molecule has 0 saturated heterocycles. The minimum absolute atomic E-state index is 0.287. The van der Waals surface area contributed by atoms with Crippen LogP contribution in [0.5, 0.6) is 0 Å². The zero-order valence-corrected chi connectivity index (χ0v) is 12.5. The predicted octanol–water partition coefficient (Wildman–Crippen LogP) is 2.70. The van der Waals surface area contributed by atoms with Crippen molar-refractivity contribution in [3.05, 3.63) is 29.5 Å². The summed E-state index contributed by atoms with van der Waals surface area (Å²) in [7, 11) is 0. The van der Waals surface area contributed by atoms with Crippen LogP contribution in [0, 0.1) is 0 Å². The van der Waals surface area contributed by atoms with Crippen LogP contribution in [0.1, 0.15) is 48.8 Å². The molecule has 0 unspecified atom stereocenters. The molecule has 0 saturated carbocycles. The molecule has 5 nitrogen and oxygen atoms in total. The number of aromatic nitrogens is 2. The van der Waals surface area contributed by atoms with Gasteiger partial charge in [-0.1, -0.05) is 26.8 Å². The number of aromatic carboxylic acids is 1. The second kappa shape index (κ2) is 7.62. The first kappa shape index (κ1) is 16.1. The highest BCUT2D eigenvalue weighted by Gasteiger charge is 2.23. The minimum Gasteiger partial charge on any atom is -0.478 e. The van der Waals surface area contributed by atoms with E-state index in [2.05, 4.69) is 16.8 Å². The summed E-state index contributed by atoms with van der Waals surface area (Å²) in [5.74, 6) is -0.486. The van der Waals surface area contributed by atoms with E-state index in [-0.39, 0.29) is 5.56 Å². The Morgan fingerprint density at radius 3 is 2.45 bits per heavy atom. The fourth-order valence-corrected chi connectivity index (χ4v) is 2.32. The number of hydrogen-bond donors (Lipinski definition) is 1. The highest BCUT2D eigenvalue weighted by Crippen LogP contribution is 2.24. The first-order valence-corrected chi connectivity index (χ1v) is 7.08. The van der Waals surface area contributed by atoms with Gasteiger partial charge < -0.3 is 10.0 Å². The van der Waals surface area contributed by atoms with Gasteiger partial charge in [0.2, 0.25) is 0 Å². The molecule has 110 valence electrons. The molecule has 1 rings (SSSR count). The number of hydrogen-bond acceptors (Lipinski definition) is 4. The van der Waals surface area contributed by atoms with Crippen molar-refractivity contribution >= 4 is 11.8 Å². The highest BCUT2D eigenvalue weighted by molar-refractivity contribution is 5.95. The number of carboxylic acids is 1. The van der Waals surface area contributed by atoms with Gasteiger partial charge >= 0.3 is 5.97 Å². The lowest BCUT2D eigenvalue weighted by atomic mass is 10.0. The first-order valence-electron chi connectivity index (χ1n) is 7.08. The Morgan fingerprint density at radius 1 is 1.30 bits per heavy atom. The molecule has 5 heteroatoms. The van der Waals surface area contributed by atoms with Crippen LogP contribution in [0.3, 0.4) is 0 Å². The third kappa shape index (κ3) is 3.35. The van der Waals surface area contributed by atoms with E-state index in [0.29, 0.717) is 25.2 Å². The monoisotopic (exact) mass is 277 g/mol. The van der Waals surface area contributed by atoms with Gasteiger partial charge in [-0.15, -0.1) is 11.7 Å². The summed E-state index contributed by atoms with van der Waals surface area (Å²) in [6, 6.07) is 0. The Balaban J connectivity index is 3.44. The van der Waals surface area contributed by atoms with Crippen molar-refractivity contribution in [2.45, 2.75) is 40.0 Å². The van der Waals surface area contributed by atoms with Crippen LogP contribution >= 0.6 is 0 Å². The lowest BCUT2D eigenvalue weighted by Gasteiger charge is -2.24. The summed E-state index contributed by atoms with van der Waals surface area (Å²) in [5, 5.41) is 17.9. The molecule has 1 N–H and O–H groups in total. The zero-order chi connectivity index (χ0) is 15.1. The third-order valence-corrected chi connectivity index (χ3v) is 3.18. The first-order chi connectivity index (χ1) is 9.60. The normalized spacial score (nSPS) is 10.3. The number of anilines is 1. The molecule has 1 heterocycles. The fourth-order valence-electron chi connectivity index (χ4n) is 2.32. The number of nitrogens with zero attached hydrogens (tertiary/aromatic N) is 3. The van der Waals surface area contributed by atoms with Gasteiger partial charge in [-0.3, -0.25) is 0 Å². The van der Waals surface area contributed by atoms with Crippen molar-refractivity contribution in [2.75, 3.05) is 18.0 Å². The molecule has 0 fully saturated rings. The maximum Gasteiger partial charge on any atom is 0.339 e. The largest absolute Gasteiger partial charge is 0.478 e. The van der Waals surface area contributed by atoms with Crippen LogP contribution in [-0.2, 0) is 12.8 Å². The Labute approximate surface area is 120 Å². The van der Waals surface area contributed by atoms with Crippen molar-refractivity contribution < 1.29 is 9.90 Å². The second-order valence-electron chi connectivity index (χ2n) is 4.57. The minimum atomic E-state index is -0.938. The molecule has 20 heavy (non-hydrogen) atoms. The van der Waals surface area contributed by atoms with E-state index in [1.807, 2.05) is 25.7 Å². The zero-order valence-electron chi connectivity index (χ0n) is 12.5. The molecule has 0 amide bonds. The lowest BCUT2D eigenvalue weighted by molar-refractivity contribution is 0.0695. The van der Waals surface area contributed by atoms with E-state index in [9.17, 15) is 9.90 Å². The Kier molecular flexibility index (Phi) is 6.15. The van der Waals surface area contributed by atoms with Crippen molar-refractivity contribution in [3.8, 4) is 0 Å².